The van der Waals surface area contributed by atoms with Crippen molar-refractivity contribution in [2.24, 2.45) is 0 Å². The maximum Gasteiger partial charge on any atom is 0.263 e. The third-order valence-electron chi connectivity index (χ3n) is 3.78. The van der Waals surface area contributed by atoms with Crippen molar-refractivity contribution in [2.45, 2.75) is 17.9 Å². The van der Waals surface area contributed by atoms with Gasteiger partial charge in [0.15, 0.2) is 0 Å². The molecule has 0 fully saturated rings. The van der Waals surface area contributed by atoms with Gasteiger partial charge in [-0.15, -0.1) is 35.1 Å². The quantitative estimate of drug-likeness (QED) is 0.585. The van der Waals surface area contributed by atoms with E-state index in [-0.39, 0.29) is 34.6 Å². The number of carbonyl (C=O) groups excluding carboxylic acids is 1. The first-order valence-electron chi connectivity index (χ1n) is 7.82. The Bertz CT molecular complexity index is 860. The lowest BCUT2D eigenvalue weighted by Crippen LogP contribution is -2.31. The van der Waals surface area contributed by atoms with Gasteiger partial charge in [-0.05, 0) is 35.9 Å². The van der Waals surface area contributed by atoms with Crippen LogP contribution in [0.1, 0.15) is 21.0 Å². The number of sulfonamides is 1. The molecule has 2 aromatic heterocycles. The molecule has 0 saturated heterocycles. The molecule has 3 heterocycles. The second kappa shape index (κ2) is 9.63. The minimum atomic E-state index is -3.73. The molecule has 3 N–H and O–H groups in total. The van der Waals surface area contributed by atoms with Crippen LogP contribution in [0, 0.1) is 0 Å². The molecular formula is C16H20ClN3O3S3. The standard InChI is InChI=1S/C16H19N3O3S3.ClH/c20-16(18-10-12-3-6-17-7-4-12)15-14(5-9-24-15)25(21,22)19-11-13-2-1-8-23-13;/h1-3,5,8-9,17,19H,4,6-7,10-11H2,(H,18,20);1H. The van der Waals surface area contributed by atoms with Crippen LogP contribution in [0.5, 0.6) is 0 Å². The second-order valence-electron chi connectivity index (χ2n) is 5.52. The minimum absolute atomic E-state index is 0. The van der Waals surface area contributed by atoms with Gasteiger partial charge in [0.05, 0.1) is 0 Å². The van der Waals surface area contributed by atoms with Crippen LogP contribution >= 0.6 is 35.1 Å². The topological polar surface area (TPSA) is 87.3 Å². The first-order chi connectivity index (χ1) is 12.1. The molecule has 0 atom stereocenters. The Labute approximate surface area is 167 Å². The van der Waals surface area contributed by atoms with Crippen molar-refractivity contribution in [3.63, 3.8) is 0 Å². The van der Waals surface area contributed by atoms with Gasteiger partial charge in [-0.1, -0.05) is 17.7 Å². The number of thiophene rings is 2. The van der Waals surface area contributed by atoms with Crippen molar-refractivity contribution in [1.29, 1.82) is 0 Å². The number of carbonyl (C=O) groups is 1. The van der Waals surface area contributed by atoms with Crippen molar-refractivity contribution >= 4 is 51.0 Å². The Kier molecular flexibility index (Phi) is 7.81. The van der Waals surface area contributed by atoms with Crippen LogP contribution < -0.4 is 15.4 Å². The zero-order valence-corrected chi connectivity index (χ0v) is 17.1. The summed E-state index contributed by atoms with van der Waals surface area (Å²) in [5, 5.41) is 9.55. The van der Waals surface area contributed by atoms with E-state index in [1.807, 2.05) is 17.5 Å². The zero-order chi connectivity index (χ0) is 17.7. The van der Waals surface area contributed by atoms with Crippen LogP contribution in [0.4, 0.5) is 0 Å². The molecule has 0 aromatic carbocycles. The molecule has 142 valence electrons. The van der Waals surface area contributed by atoms with Crippen LogP contribution in [0.15, 0.2) is 45.5 Å². The van der Waals surface area contributed by atoms with Crippen LogP contribution in [0.25, 0.3) is 0 Å². The van der Waals surface area contributed by atoms with Crippen molar-refractivity contribution in [1.82, 2.24) is 15.4 Å². The molecular weight excluding hydrogens is 414 g/mol. The Morgan fingerprint density at radius 3 is 2.73 bits per heavy atom. The average Bonchev–Trinajstić information content (AvgIpc) is 3.30. The molecule has 1 aliphatic rings. The van der Waals surface area contributed by atoms with E-state index in [2.05, 4.69) is 21.4 Å². The van der Waals surface area contributed by atoms with Gasteiger partial charge in [0, 0.05) is 24.5 Å². The number of halogens is 1. The lowest BCUT2D eigenvalue weighted by molar-refractivity contribution is 0.0957. The summed E-state index contributed by atoms with van der Waals surface area (Å²) in [6.07, 6.45) is 2.94. The van der Waals surface area contributed by atoms with E-state index in [9.17, 15) is 13.2 Å². The average molecular weight is 434 g/mol. The monoisotopic (exact) mass is 433 g/mol. The number of hydrogen-bond acceptors (Lipinski definition) is 6. The Balaban J connectivity index is 0.00000243. The molecule has 1 aliphatic heterocycles. The van der Waals surface area contributed by atoms with Crippen molar-refractivity contribution in [2.75, 3.05) is 19.6 Å². The van der Waals surface area contributed by atoms with Crippen LogP contribution in [-0.2, 0) is 16.6 Å². The fourth-order valence-electron chi connectivity index (χ4n) is 2.44. The van der Waals surface area contributed by atoms with E-state index in [4.69, 9.17) is 0 Å². The predicted octanol–water partition coefficient (Wildman–Crippen LogP) is 2.36. The molecule has 2 aromatic rings. The highest BCUT2D eigenvalue weighted by molar-refractivity contribution is 7.89. The summed E-state index contributed by atoms with van der Waals surface area (Å²) in [4.78, 5) is 13.6. The van der Waals surface area contributed by atoms with E-state index in [1.165, 1.54) is 17.4 Å². The molecule has 0 radical (unpaired) electrons. The summed E-state index contributed by atoms with van der Waals surface area (Å²) in [5.41, 5.74) is 1.16. The van der Waals surface area contributed by atoms with Gasteiger partial charge in [-0.25, -0.2) is 13.1 Å². The molecule has 10 heteroatoms. The van der Waals surface area contributed by atoms with E-state index in [0.29, 0.717) is 6.54 Å². The Morgan fingerprint density at radius 1 is 1.19 bits per heavy atom. The first-order valence-corrected chi connectivity index (χ1v) is 11.1. The number of rotatable bonds is 7. The van der Waals surface area contributed by atoms with Gasteiger partial charge in [-0.2, -0.15) is 0 Å². The smallest absolute Gasteiger partial charge is 0.263 e. The van der Waals surface area contributed by atoms with Crippen molar-refractivity contribution in [3.8, 4) is 0 Å². The van der Waals surface area contributed by atoms with E-state index in [1.54, 1.807) is 5.38 Å². The van der Waals surface area contributed by atoms with E-state index < -0.39 is 10.0 Å². The molecule has 3 rings (SSSR count). The lowest BCUT2D eigenvalue weighted by atomic mass is 10.1. The SMILES string of the molecule is Cl.O=C(NCC1=CCNCC1)c1sccc1S(=O)(=O)NCc1cccs1. The highest BCUT2D eigenvalue weighted by atomic mass is 35.5. The van der Waals surface area contributed by atoms with Crippen LogP contribution in [0.2, 0.25) is 0 Å². The largest absolute Gasteiger partial charge is 0.348 e. The molecule has 26 heavy (non-hydrogen) atoms. The Hall–Kier alpha value is -1.23. The van der Waals surface area contributed by atoms with Gasteiger partial charge in [0.1, 0.15) is 9.77 Å². The van der Waals surface area contributed by atoms with Crippen molar-refractivity contribution in [3.05, 3.63) is 50.4 Å². The predicted molar refractivity (Wildman–Crippen MR) is 108 cm³/mol. The van der Waals surface area contributed by atoms with Gasteiger partial charge >= 0.3 is 0 Å². The minimum Gasteiger partial charge on any atom is -0.348 e. The highest BCUT2D eigenvalue weighted by Gasteiger charge is 2.24. The number of nitrogens with one attached hydrogen (secondary N) is 3. The van der Waals surface area contributed by atoms with E-state index >= 15 is 0 Å². The normalized spacial score (nSPS) is 14.4. The molecule has 0 saturated carbocycles. The van der Waals surface area contributed by atoms with Gasteiger partial charge in [0.2, 0.25) is 10.0 Å². The summed E-state index contributed by atoms with van der Waals surface area (Å²) >= 11 is 2.61. The van der Waals surface area contributed by atoms with E-state index in [0.717, 1.165) is 41.3 Å². The first kappa shape index (κ1) is 21.1. The number of hydrogen-bond donors (Lipinski definition) is 3. The molecule has 0 bridgehead atoms. The molecule has 0 spiro atoms. The summed E-state index contributed by atoms with van der Waals surface area (Å²) < 4.78 is 27.6. The maximum atomic E-state index is 12.5. The summed E-state index contributed by atoms with van der Waals surface area (Å²) in [7, 11) is -3.73. The van der Waals surface area contributed by atoms with Gasteiger partial charge in [0.25, 0.3) is 5.91 Å². The number of amides is 1. The maximum absolute atomic E-state index is 12.5. The second-order valence-corrected chi connectivity index (χ2v) is 9.20. The third kappa shape index (κ3) is 5.38. The summed E-state index contributed by atoms with van der Waals surface area (Å²) in [6.45, 7) is 2.36. The Morgan fingerprint density at radius 2 is 2.04 bits per heavy atom. The fraction of sp³-hybridized carbons (Fsp3) is 0.312. The van der Waals surface area contributed by atoms with Crippen LogP contribution in [0.3, 0.4) is 0 Å². The molecule has 0 aliphatic carbocycles. The summed E-state index contributed by atoms with van der Waals surface area (Å²) in [5.74, 6) is -0.356. The molecule has 0 unspecified atom stereocenters. The third-order valence-corrected chi connectivity index (χ3v) is 7.14. The molecule has 1 amide bonds. The van der Waals surface area contributed by atoms with Gasteiger partial charge in [-0.3, -0.25) is 4.79 Å². The lowest BCUT2D eigenvalue weighted by Gasteiger charge is -2.14. The van der Waals surface area contributed by atoms with Crippen LogP contribution in [-0.4, -0.2) is 34.0 Å². The summed E-state index contributed by atoms with van der Waals surface area (Å²) in [6, 6.07) is 5.20. The molecule has 6 nitrogen and oxygen atoms in total. The zero-order valence-electron chi connectivity index (χ0n) is 13.9. The van der Waals surface area contributed by atoms with Gasteiger partial charge < -0.3 is 10.6 Å². The fourth-order valence-corrected chi connectivity index (χ4v) is 5.52. The highest BCUT2D eigenvalue weighted by Crippen LogP contribution is 2.22. The van der Waals surface area contributed by atoms with Crippen molar-refractivity contribution < 1.29 is 13.2 Å².